The second kappa shape index (κ2) is 6.54. The molecule has 114 valence electrons. The maximum Gasteiger partial charge on any atom is 0.229 e. The third kappa shape index (κ3) is 3.49. The van der Waals surface area contributed by atoms with Crippen LogP contribution in [0.5, 0.6) is 0 Å². The summed E-state index contributed by atoms with van der Waals surface area (Å²) in [7, 11) is 0. The van der Waals surface area contributed by atoms with Crippen molar-refractivity contribution in [2.45, 2.75) is 26.3 Å². The van der Waals surface area contributed by atoms with Gasteiger partial charge in [0.05, 0.1) is 19.1 Å². The van der Waals surface area contributed by atoms with Crippen molar-refractivity contribution >= 4 is 11.8 Å². The van der Waals surface area contributed by atoms with Gasteiger partial charge in [-0.3, -0.25) is 9.59 Å². The van der Waals surface area contributed by atoms with E-state index in [1.54, 1.807) is 0 Å². The molecule has 0 bridgehead atoms. The number of amides is 2. The Balaban J connectivity index is 1.82. The quantitative estimate of drug-likeness (QED) is 0.770. The van der Waals surface area contributed by atoms with E-state index >= 15 is 0 Å². The molecule has 0 aromatic rings. The zero-order valence-electron chi connectivity index (χ0n) is 12.4. The summed E-state index contributed by atoms with van der Waals surface area (Å²) in [5, 5.41) is 0. The third-order valence-electron chi connectivity index (χ3n) is 3.97. The Morgan fingerprint density at radius 1 is 1.15 bits per heavy atom. The second-order valence-electron chi connectivity index (χ2n) is 6.11. The maximum atomic E-state index is 12.3. The fraction of sp³-hybridized carbons (Fsp3) is 0.857. The van der Waals surface area contributed by atoms with E-state index in [2.05, 4.69) is 0 Å². The van der Waals surface area contributed by atoms with Gasteiger partial charge in [-0.2, -0.15) is 0 Å². The summed E-state index contributed by atoms with van der Waals surface area (Å²) in [6, 6.07) is -0.192. The van der Waals surface area contributed by atoms with Gasteiger partial charge in [0.25, 0.3) is 0 Å². The molecule has 0 radical (unpaired) electrons. The molecule has 2 unspecified atom stereocenters. The van der Waals surface area contributed by atoms with Crippen LogP contribution in [0.15, 0.2) is 0 Å². The SMILES string of the molecule is CC(C)CC(=O)N1CCN(C(=O)C2COCC2N)CC1. The van der Waals surface area contributed by atoms with Gasteiger partial charge in [0.1, 0.15) is 0 Å². The van der Waals surface area contributed by atoms with Crippen molar-refractivity contribution in [3.63, 3.8) is 0 Å². The van der Waals surface area contributed by atoms with Crippen LogP contribution in [0.2, 0.25) is 0 Å². The van der Waals surface area contributed by atoms with Crippen LogP contribution < -0.4 is 5.73 Å². The van der Waals surface area contributed by atoms with E-state index in [1.165, 1.54) is 0 Å². The molecule has 0 saturated carbocycles. The van der Waals surface area contributed by atoms with E-state index in [9.17, 15) is 9.59 Å². The van der Waals surface area contributed by atoms with Crippen LogP contribution in [-0.4, -0.2) is 67.0 Å². The zero-order valence-corrected chi connectivity index (χ0v) is 12.4. The highest BCUT2D eigenvalue weighted by molar-refractivity contribution is 5.81. The number of carbonyl (C=O) groups excluding carboxylic acids is 2. The predicted octanol–water partition coefficient (Wildman–Crippen LogP) is -0.323. The molecule has 6 nitrogen and oxygen atoms in total. The lowest BCUT2D eigenvalue weighted by molar-refractivity contribution is -0.142. The molecule has 2 aliphatic rings. The molecule has 0 aromatic heterocycles. The van der Waals surface area contributed by atoms with Crippen LogP contribution >= 0.6 is 0 Å². The number of hydrogen-bond donors (Lipinski definition) is 1. The molecule has 6 heteroatoms. The fourth-order valence-electron chi connectivity index (χ4n) is 2.71. The van der Waals surface area contributed by atoms with Crippen LogP contribution in [0.3, 0.4) is 0 Å². The van der Waals surface area contributed by atoms with Crippen LogP contribution in [0.25, 0.3) is 0 Å². The highest BCUT2D eigenvalue weighted by Gasteiger charge is 2.35. The summed E-state index contributed by atoms with van der Waals surface area (Å²) in [6.07, 6.45) is 0.579. The molecular weight excluding hydrogens is 258 g/mol. The molecule has 2 atom stereocenters. The number of nitrogens with two attached hydrogens (primary N) is 1. The number of piperazine rings is 1. The monoisotopic (exact) mass is 283 g/mol. The summed E-state index contributed by atoms with van der Waals surface area (Å²) in [4.78, 5) is 28.0. The van der Waals surface area contributed by atoms with Gasteiger partial charge in [-0.1, -0.05) is 13.8 Å². The van der Waals surface area contributed by atoms with Gasteiger partial charge in [-0.05, 0) is 5.92 Å². The van der Waals surface area contributed by atoms with E-state index in [1.807, 2.05) is 23.6 Å². The first-order valence-electron chi connectivity index (χ1n) is 7.39. The Hall–Kier alpha value is -1.14. The normalized spacial score (nSPS) is 27.2. The fourth-order valence-corrected chi connectivity index (χ4v) is 2.71. The van der Waals surface area contributed by atoms with E-state index in [-0.39, 0.29) is 23.8 Å². The lowest BCUT2D eigenvalue weighted by Crippen LogP contribution is -2.53. The summed E-state index contributed by atoms with van der Waals surface area (Å²) in [5.74, 6) is 0.419. The molecule has 2 rings (SSSR count). The standard InChI is InChI=1S/C14H25N3O3/c1-10(2)7-13(18)16-3-5-17(6-4-16)14(19)11-8-20-9-12(11)15/h10-12H,3-9,15H2,1-2H3. The predicted molar refractivity (Wildman–Crippen MR) is 74.9 cm³/mol. The van der Waals surface area contributed by atoms with Crippen molar-refractivity contribution in [2.24, 2.45) is 17.6 Å². The van der Waals surface area contributed by atoms with Crippen LogP contribution in [0.4, 0.5) is 0 Å². The molecule has 0 aliphatic carbocycles. The van der Waals surface area contributed by atoms with Crippen molar-refractivity contribution < 1.29 is 14.3 Å². The highest BCUT2D eigenvalue weighted by atomic mass is 16.5. The lowest BCUT2D eigenvalue weighted by atomic mass is 10.0. The highest BCUT2D eigenvalue weighted by Crippen LogP contribution is 2.17. The topological polar surface area (TPSA) is 75.9 Å². The first-order valence-corrected chi connectivity index (χ1v) is 7.39. The van der Waals surface area contributed by atoms with Gasteiger partial charge in [0.2, 0.25) is 11.8 Å². The number of ether oxygens (including phenoxy) is 1. The molecule has 0 spiro atoms. The van der Waals surface area contributed by atoms with E-state index in [0.29, 0.717) is 51.7 Å². The minimum atomic E-state index is -0.215. The Morgan fingerprint density at radius 3 is 2.25 bits per heavy atom. The smallest absolute Gasteiger partial charge is 0.229 e. The van der Waals surface area contributed by atoms with Crippen molar-refractivity contribution in [1.82, 2.24) is 9.80 Å². The first kappa shape index (κ1) is 15.3. The Kier molecular flexibility index (Phi) is 4.99. The number of carbonyl (C=O) groups is 2. The maximum absolute atomic E-state index is 12.3. The Bertz CT molecular complexity index is 365. The first-order chi connectivity index (χ1) is 9.49. The molecule has 2 fully saturated rings. The summed E-state index contributed by atoms with van der Waals surface area (Å²) in [5.41, 5.74) is 5.88. The summed E-state index contributed by atoms with van der Waals surface area (Å²) >= 11 is 0. The van der Waals surface area contributed by atoms with E-state index in [0.717, 1.165) is 0 Å². The van der Waals surface area contributed by atoms with Crippen LogP contribution in [0.1, 0.15) is 20.3 Å². The van der Waals surface area contributed by atoms with Crippen molar-refractivity contribution in [1.29, 1.82) is 0 Å². The molecule has 2 aliphatic heterocycles. The number of nitrogens with zero attached hydrogens (tertiary/aromatic N) is 2. The van der Waals surface area contributed by atoms with Crippen LogP contribution in [-0.2, 0) is 14.3 Å². The minimum Gasteiger partial charge on any atom is -0.379 e. The van der Waals surface area contributed by atoms with Crippen molar-refractivity contribution in [3.8, 4) is 0 Å². The summed E-state index contributed by atoms with van der Waals surface area (Å²) < 4.78 is 5.25. The molecule has 2 N–H and O–H groups in total. The zero-order chi connectivity index (χ0) is 14.7. The number of rotatable bonds is 3. The summed E-state index contributed by atoms with van der Waals surface area (Å²) in [6.45, 7) is 7.42. The third-order valence-corrected chi connectivity index (χ3v) is 3.97. The molecule has 2 saturated heterocycles. The van der Waals surface area contributed by atoms with Gasteiger partial charge in [-0.15, -0.1) is 0 Å². The largest absolute Gasteiger partial charge is 0.379 e. The van der Waals surface area contributed by atoms with Crippen molar-refractivity contribution in [2.75, 3.05) is 39.4 Å². The van der Waals surface area contributed by atoms with Gasteiger partial charge in [-0.25, -0.2) is 0 Å². The minimum absolute atomic E-state index is 0.0750. The van der Waals surface area contributed by atoms with E-state index < -0.39 is 0 Å². The Morgan fingerprint density at radius 2 is 1.75 bits per heavy atom. The molecule has 2 amide bonds. The van der Waals surface area contributed by atoms with Crippen molar-refractivity contribution in [3.05, 3.63) is 0 Å². The number of hydrogen-bond acceptors (Lipinski definition) is 4. The molecule has 2 heterocycles. The molecule has 20 heavy (non-hydrogen) atoms. The van der Waals surface area contributed by atoms with E-state index in [4.69, 9.17) is 10.5 Å². The lowest BCUT2D eigenvalue weighted by Gasteiger charge is -2.36. The molecule has 0 aromatic carbocycles. The van der Waals surface area contributed by atoms with Gasteiger partial charge in [0, 0.05) is 38.6 Å². The van der Waals surface area contributed by atoms with Gasteiger partial charge in [0.15, 0.2) is 0 Å². The van der Waals surface area contributed by atoms with Gasteiger partial charge >= 0.3 is 0 Å². The van der Waals surface area contributed by atoms with Gasteiger partial charge < -0.3 is 20.3 Å². The Labute approximate surface area is 120 Å². The molecular formula is C14H25N3O3. The average molecular weight is 283 g/mol. The average Bonchev–Trinajstić information content (AvgIpc) is 2.83. The second-order valence-corrected chi connectivity index (χ2v) is 6.11. The van der Waals surface area contributed by atoms with Crippen LogP contribution in [0, 0.1) is 11.8 Å².